The highest BCUT2D eigenvalue weighted by Crippen LogP contribution is 2.30. The Kier molecular flexibility index (Phi) is 5.43. The number of para-hydroxylation sites is 1. The molecule has 0 radical (unpaired) electrons. The maximum Gasteiger partial charge on any atom is 0.265 e. The van der Waals surface area contributed by atoms with Crippen molar-refractivity contribution < 1.29 is 9.53 Å². The zero-order valence-corrected chi connectivity index (χ0v) is 15.4. The molecule has 1 atom stereocenters. The average molecular weight is 365 g/mol. The number of hydrogen-bond donors (Lipinski definition) is 0. The van der Waals surface area contributed by atoms with Crippen LogP contribution in [-0.4, -0.2) is 49.0 Å². The first-order chi connectivity index (χ1) is 11.6. The van der Waals surface area contributed by atoms with Crippen LogP contribution in [0.3, 0.4) is 0 Å². The van der Waals surface area contributed by atoms with Crippen LogP contribution in [-0.2, 0) is 0 Å². The standard InChI is InChI=1S/C18H21ClN2O2S/c1-13(14-5-3-4-6-16(14)23-2)20-8-10-21(11-9-20)18(22)17-15(19)7-12-24-17/h3-7,12-13H,8-11H2,1-2H3. The van der Waals surface area contributed by atoms with Crippen LogP contribution < -0.4 is 4.74 Å². The molecule has 0 saturated carbocycles. The second kappa shape index (κ2) is 7.55. The number of rotatable bonds is 4. The van der Waals surface area contributed by atoms with E-state index in [0.717, 1.165) is 18.8 Å². The summed E-state index contributed by atoms with van der Waals surface area (Å²) in [4.78, 5) is 17.5. The zero-order valence-electron chi connectivity index (χ0n) is 13.9. The topological polar surface area (TPSA) is 32.8 Å². The van der Waals surface area contributed by atoms with E-state index in [2.05, 4.69) is 17.9 Å². The van der Waals surface area contributed by atoms with Crippen molar-refractivity contribution >= 4 is 28.8 Å². The van der Waals surface area contributed by atoms with Crippen molar-refractivity contribution in [3.05, 3.63) is 51.2 Å². The van der Waals surface area contributed by atoms with E-state index >= 15 is 0 Å². The Labute approximate surface area is 151 Å². The number of ether oxygens (including phenoxy) is 1. The second-order valence-electron chi connectivity index (χ2n) is 5.84. The van der Waals surface area contributed by atoms with Crippen LogP contribution in [0, 0.1) is 0 Å². The van der Waals surface area contributed by atoms with Gasteiger partial charge in [0.2, 0.25) is 0 Å². The number of nitrogens with zero attached hydrogens (tertiary/aromatic N) is 2. The third kappa shape index (κ3) is 3.43. The van der Waals surface area contributed by atoms with Gasteiger partial charge in [0, 0.05) is 37.8 Å². The van der Waals surface area contributed by atoms with E-state index in [0.29, 0.717) is 23.0 Å². The van der Waals surface area contributed by atoms with Gasteiger partial charge in [-0.2, -0.15) is 0 Å². The van der Waals surface area contributed by atoms with Crippen LogP contribution in [0.4, 0.5) is 0 Å². The first kappa shape index (κ1) is 17.3. The number of piperazine rings is 1. The first-order valence-electron chi connectivity index (χ1n) is 8.01. The quantitative estimate of drug-likeness (QED) is 0.824. The number of halogens is 1. The van der Waals surface area contributed by atoms with Gasteiger partial charge in [-0.3, -0.25) is 9.69 Å². The molecule has 2 heterocycles. The van der Waals surface area contributed by atoms with Crippen LogP contribution in [0.1, 0.15) is 28.2 Å². The number of carbonyl (C=O) groups excluding carboxylic acids is 1. The van der Waals surface area contributed by atoms with Crippen molar-refractivity contribution in [2.75, 3.05) is 33.3 Å². The molecule has 4 nitrogen and oxygen atoms in total. The van der Waals surface area contributed by atoms with E-state index in [1.807, 2.05) is 28.5 Å². The Balaban J connectivity index is 1.64. The third-order valence-electron chi connectivity index (χ3n) is 4.55. The molecule has 1 saturated heterocycles. The molecule has 128 valence electrons. The summed E-state index contributed by atoms with van der Waals surface area (Å²) in [6, 6.07) is 10.1. The van der Waals surface area contributed by atoms with Crippen LogP contribution >= 0.6 is 22.9 Å². The van der Waals surface area contributed by atoms with Gasteiger partial charge in [-0.1, -0.05) is 29.8 Å². The highest BCUT2D eigenvalue weighted by Gasteiger charge is 2.27. The van der Waals surface area contributed by atoms with Crippen molar-refractivity contribution in [1.82, 2.24) is 9.80 Å². The number of amides is 1. The van der Waals surface area contributed by atoms with E-state index in [-0.39, 0.29) is 11.9 Å². The summed E-state index contributed by atoms with van der Waals surface area (Å²) < 4.78 is 5.47. The first-order valence-corrected chi connectivity index (χ1v) is 9.27. The van der Waals surface area contributed by atoms with Gasteiger partial charge in [-0.05, 0) is 24.4 Å². The summed E-state index contributed by atoms with van der Waals surface area (Å²) in [5.74, 6) is 0.952. The smallest absolute Gasteiger partial charge is 0.265 e. The van der Waals surface area contributed by atoms with Crippen molar-refractivity contribution in [1.29, 1.82) is 0 Å². The van der Waals surface area contributed by atoms with Gasteiger partial charge in [0.15, 0.2) is 0 Å². The SMILES string of the molecule is COc1ccccc1C(C)N1CCN(C(=O)c2sccc2Cl)CC1. The summed E-state index contributed by atoms with van der Waals surface area (Å²) >= 11 is 7.49. The molecule has 1 aliphatic heterocycles. The molecule has 3 rings (SSSR count). The fourth-order valence-corrected chi connectivity index (χ4v) is 4.21. The molecular weight excluding hydrogens is 344 g/mol. The monoisotopic (exact) mass is 364 g/mol. The maximum absolute atomic E-state index is 12.5. The number of carbonyl (C=O) groups is 1. The van der Waals surface area contributed by atoms with Crippen LogP contribution in [0.2, 0.25) is 5.02 Å². The van der Waals surface area contributed by atoms with Crippen LogP contribution in [0.15, 0.2) is 35.7 Å². The summed E-state index contributed by atoms with van der Waals surface area (Å²) in [7, 11) is 1.70. The van der Waals surface area contributed by atoms with E-state index in [4.69, 9.17) is 16.3 Å². The summed E-state index contributed by atoms with van der Waals surface area (Å²) in [6.45, 7) is 5.30. The van der Waals surface area contributed by atoms with Crippen molar-refractivity contribution in [2.24, 2.45) is 0 Å². The van der Waals surface area contributed by atoms with Gasteiger partial charge in [-0.15, -0.1) is 11.3 Å². The molecular formula is C18H21ClN2O2S. The second-order valence-corrected chi connectivity index (χ2v) is 7.17. The minimum absolute atomic E-state index is 0.0413. The molecule has 1 aliphatic rings. The molecule has 1 aromatic carbocycles. The lowest BCUT2D eigenvalue weighted by molar-refractivity contribution is 0.0584. The Morgan fingerprint density at radius 2 is 1.92 bits per heavy atom. The molecule has 1 aromatic heterocycles. The van der Waals surface area contributed by atoms with E-state index in [1.54, 1.807) is 13.2 Å². The lowest BCUT2D eigenvalue weighted by atomic mass is 10.0. The minimum atomic E-state index is 0.0413. The largest absolute Gasteiger partial charge is 0.496 e. The number of methoxy groups -OCH3 is 1. The Bertz CT molecular complexity index is 711. The summed E-state index contributed by atoms with van der Waals surface area (Å²) in [5, 5.41) is 2.41. The molecule has 0 aliphatic carbocycles. The lowest BCUT2D eigenvalue weighted by Crippen LogP contribution is -2.49. The van der Waals surface area contributed by atoms with Gasteiger partial charge < -0.3 is 9.64 Å². The highest BCUT2D eigenvalue weighted by molar-refractivity contribution is 7.12. The van der Waals surface area contributed by atoms with E-state index in [9.17, 15) is 4.79 Å². The van der Waals surface area contributed by atoms with Gasteiger partial charge in [0.25, 0.3) is 5.91 Å². The predicted octanol–water partition coefficient (Wildman–Crippen LogP) is 3.93. The van der Waals surface area contributed by atoms with Crippen molar-refractivity contribution in [2.45, 2.75) is 13.0 Å². The highest BCUT2D eigenvalue weighted by atomic mass is 35.5. The Hall–Kier alpha value is -1.56. The van der Waals surface area contributed by atoms with Crippen LogP contribution in [0.25, 0.3) is 0 Å². The van der Waals surface area contributed by atoms with E-state index < -0.39 is 0 Å². The maximum atomic E-state index is 12.5. The molecule has 0 spiro atoms. The third-order valence-corrected chi connectivity index (χ3v) is 5.88. The molecule has 0 bridgehead atoms. The molecule has 1 fully saturated rings. The van der Waals surface area contributed by atoms with Gasteiger partial charge in [-0.25, -0.2) is 0 Å². The van der Waals surface area contributed by atoms with Gasteiger partial charge in [0.05, 0.1) is 12.1 Å². The molecule has 1 amide bonds. The fourth-order valence-electron chi connectivity index (χ4n) is 3.11. The van der Waals surface area contributed by atoms with Gasteiger partial charge in [0.1, 0.15) is 10.6 Å². The summed E-state index contributed by atoms with van der Waals surface area (Å²) in [5.41, 5.74) is 1.18. The normalized spacial score (nSPS) is 16.9. The Morgan fingerprint density at radius 3 is 2.54 bits per heavy atom. The Morgan fingerprint density at radius 1 is 1.21 bits per heavy atom. The fraction of sp³-hybridized carbons (Fsp3) is 0.389. The zero-order chi connectivity index (χ0) is 17.1. The van der Waals surface area contributed by atoms with Crippen molar-refractivity contribution in [3.8, 4) is 5.75 Å². The molecule has 24 heavy (non-hydrogen) atoms. The lowest BCUT2D eigenvalue weighted by Gasteiger charge is -2.38. The molecule has 0 N–H and O–H groups in total. The average Bonchev–Trinajstić information content (AvgIpc) is 3.06. The minimum Gasteiger partial charge on any atom is -0.496 e. The predicted molar refractivity (Wildman–Crippen MR) is 98.2 cm³/mol. The number of thiophene rings is 1. The number of benzene rings is 1. The van der Waals surface area contributed by atoms with Crippen molar-refractivity contribution in [3.63, 3.8) is 0 Å². The molecule has 6 heteroatoms. The van der Waals surface area contributed by atoms with Gasteiger partial charge >= 0.3 is 0 Å². The summed E-state index contributed by atoms with van der Waals surface area (Å²) in [6.07, 6.45) is 0. The number of hydrogen-bond acceptors (Lipinski definition) is 4. The van der Waals surface area contributed by atoms with E-state index in [1.165, 1.54) is 16.9 Å². The molecule has 1 unspecified atom stereocenters. The van der Waals surface area contributed by atoms with Crippen LogP contribution in [0.5, 0.6) is 5.75 Å². The molecule has 2 aromatic rings.